The average molecular weight is 370 g/mol. The Kier molecular flexibility index (Phi) is 4.58. The zero-order valence-electron chi connectivity index (χ0n) is 12.1. The highest BCUT2D eigenvalue weighted by Crippen LogP contribution is 2.26. The van der Waals surface area contributed by atoms with Crippen molar-refractivity contribution in [2.24, 2.45) is 0 Å². The summed E-state index contributed by atoms with van der Waals surface area (Å²) in [5.74, 6) is -2.49. The molecule has 0 fully saturated rings. The number of benzene rings is 1. The summed E-state index contributed by atoms with van der Waals surface area (Å²) in [5, 5.41) is 11.5. The molecule has 0 spiro atoms. The summed E-state index contributed by atoms with van der Waals surface area (Å²) < 4.78 is 48.9. The molecule has 0 saturated heterocycles. The number of H-pyrrole nitrogens is 1. The summed E-state index contributed by atoms with van der Waals surface area (Å²) in [6, 6.07) is 9.26. The first-order valence-electron chi connectivity index (χ1n) is 6.78. The predicted octanol–water partition coefficient (Wildman–Crippen LogP) is 3.14. The lowest BCUT2D eigenvalue weighted by Gasteiger charge is -2.11. The molecule has 3 rings (SSSR count). The van der Waals surface area contributed by atoms with Crippen LogP contribution < -0.4 is 5.32 Å². The standard InChI is InChI=1S/C14H12F2N4O2S2/c15-14(16)24(21,22)11-6-2-1-4-9(11)17-8-12-18-13(20-19-12)10-5-3-7-23-10/h1-7,14,17H,8H2,(H,18,19,20). The second-order valence-electron chi connectivity index (χ2n) is 4.74. The van der Waals surface area contributed by atoms with E-state index in [0.29, 0.717) is 11.6 Å². The van der Waals surface area contributed by atoms with Crippen LogP contribution in [0, 0.1) is 0 Å². The fourth-order valence-electron chi connectivity index (χ4n) is 2.03. The van der Waals surface area contributed by atoms with Gasteiger partial charge in [0.05, 0.1) is 22.0 Å². The molecule has 2 aromatic heterocycles. The zero-order valence-corrected chi connectivity index (χ0v) is 13.7. The van der Waals surface area contributed by atoms with Crippen LogP contribution in [-0.4, -0.2) is 29.4 Å². The Morgan fingerprint density at radius 3 is 2.71 bits per heavy atom. The van der Waals surface area contributed by atoms with Crippen LogP contribution in [-0.2, 0) is 16.4 Å². The monoisotopic (exact) mass is 370 g/mol. The number of sulfone groups is 1. The van der Waals surface area contributed by atoms with Crippen LogP contribution in [0.25, 0.3) is 10.7 Å². The summed E-state index contributed by atoms with van der Waals surface area (Å²) in [6.07, 6.45) is 0. The van der Waals surface area contributed by atoms with Gasteiger partial charge in [-0.3, -0.25) is 5.10 Å². The highest BCUT2D eigenvalue weighted by Gasteiger charge is 2.28. The van der Waals surface area contributed by atoms with Gasteiger partial charge in [-0.15, -0.1) is 11.3 Å². The Labute approximate surface area is 140 Å². The zero-order chi connectivity index (χ0) is 17.2. The third-order valence-electron chi connectivity index (χ3n) is 3.15. The van der Waals surface area contributed by atoms with Gasteiger partial charge in [0.2, 0.25) is 9.84 Å². The van der Waals surface area contributed by atoms with Crippen LogP contribution in [0.15, 0.2) is 46.7 Å². The van der Waals surface area contributed by atoms with E-state index in [1.807, 2.05) is 17.5 Å². The van der Waals surface area contributed by atoms with Crippen molar-refractivity contribution in [3.63, 3.8) is 0 Å². The van der Waals surface area contributed by atoms with Crippen molar-refractivity contribution in [2.75, 3.05) is 5.32 Å². The molecule has 2 N–H and O–H groups in total. The van der Waals surface area contributed by atoms with Gasteiger partial charge in [0.1, 0.15) is 5.82 Å². The molecule has 2 heterocycles. The minimum atomic E-state index is -4.68. The van der Waals surface area contributed by atoms with Crippen LogP contribution >= 0.6 is 11.3 Å². The van der Waals surface area contributed by atoms with Gasteiger partial charge in [0, 0.05) is 0 Å². The molecule has 0 radical (unpaired) electrons. The highest BCUT2D eigenvalue weighted by molar-refractivity contribution is 7.91. The summed E-state index contributed by atoms with van der Waals surface area (Å²) in [5.41, 5.74) is 0.0897. The highest BCUT2D eigenvalue weighted by atomic mass is 32.2. The third kappa shape index (κ3) is 3.29. The average Bonchev–Trinajstić information content (AvgIpc) is 3.24. The molecule has 0 amide bonds. The first-order chi connectivity index (χ1) is 11.5. The smallest absolute Gasteiger partial charge is 0.341 e. The molecule has 3 aromatic rings. The van der Waals surface area contributed by atoms with E-state index in [4.69, 9.17) is 0 Å². The maximum atomic E-state index is 12.8. The number of hydrogen-bond acceptors (Lipinski definition) is 6. The van der Waals surface area contributed by atoms with Crippen molar-refractivity contribution in [1.29, 1.82) is 0 Å². The molecule has 10 heteroatoms. The maximum absolute atomic E-state index is 12.8. The Balaban J connectivity index is 1.79. The van der Waals surface area contributed by atoms with Gasteiger partial charge in [-0.05, 0) is 23.6 Å². The quantitative estimate of drug-likeness (QED) is 0.696. The van der Waals surface area contributed by atoms with Crippen LogP contribution in [0.2, 0.25) is 0 Å². The van der Waals surface area contributed by atoms with E-state index < -0.39 is 20.5 Å². The number of nitrogens with zero attached hydrogens (tertiary/aromatic N) is 2. The molecule has 1 aromatic carbocycles. The third-order valence-corrected chi connectivity index (χ3v) is 5.45. The van der Waals surface area contributed by atoms with Crippen molar-refractivity contribution in [2.45, 2.75) is 17.2 Å². The first-order valence-corrected chi connectivity index (χ1v) is 9.21. The number of hydrogen-bond donors (Lipinski definition) is 2. The lowest BCUT2D eigenvalue weighted by molar-refractivity contribution is 0.235. The summed E-state index contributed by atoms with van der Waals surface area (Å²) in [7, 11) is -4.68. The first kappa shape index (κ1) is 16.5. The Bertz CT molecular complexity index is 924. The molecular formula is C14H12F2N4O2S2. The Morgan fingerprint density at radius 2 is 2.00 bits per heavy atom. The number of rotatable bonds is 6. The van der Waals surface area contributed by atoms with Crippen molar-refractivity contribution >= 4 is 26.9 Å². The molecule has 0 atom stereocenters. The largest absolute Gasteiger partial charge is 0.377 e. The Morgan fingerprint density at radius 1 is 1.21 bits per heavy atom. The van der Waals surface area contributed by atoms with Gasteiger partial charge >= 0.3 is 5.76 Å². The van der Waals surface area contributed by atoms with Crippen LogP contribution in [0.5, 0.6) is 0 Å². The minimum absolute atomic E-state index is 0.0897. The number of aromatic nitrogens is 3. The van der Waals surface area contributed by atoms with Gasteiger partial charge in [0.25, 0.3) is 0 Å². The van der Waals surface area contributed by atoms with Crippen LogP contribution in [0.3, 0.4) is 0 Å². The van der Waals surface area contributed by atoms with Gasteiger partial charge in [-0.2, -0.15) is 13.9 Å². The number of thiophene rings is 1. The SMILES string of the molecule is O=S(=O)(c1ccccc1NCc1nc(-c2cccs2)n[nH]1)C(F)F. The van der Waals surface area contributed by atoms with Crippen molar-refractivity contribution in [3.8, 4) is 10.7 Å². The van der Waals surface area contributed by atoms with Gasteiger partial charge in [-0.1, -0.05) is 18.2 Å². The Hall–Kier alpha value is -2.33. The van der Waals surface area contributed by atoms with Crippen LogP contribution in [0.4, 0.5) is 14.5 Å². The van der Waals surface area contributed by atoms with Gasteiger partial charge < -0.3 is 5.32 Å². The lowest BCUT2D eigenvalue weighted by atomic mass is 10.3. The molecule has 6 nitrogen and oxygen atoms in total. The summed E-state index contributed by atoms with van der Waals surface area (Å²) in [6.45, 7) is 0.119. The van der Waals surface area contributed by atoms with E-state index in [9.17, 15) is 17.2 Å². The summed E-state index contributed by atoms with van der Waals surface area (Å²) in [4.78, 5) is 4.72. The van der Waals surface area contributed by atoms with E-state index in [-0.39, 0.29) is 12.2 Å². The lowest BCUT2D eigenvalue weighted by Crippen LogP contribution is -2.14. The topological polar surface area (TPSA) is 87.7 Å². The molecule has 0 bridgehead atoms. The number of alkyl halides is 2. The second kappa shape index (κ2) is 6.65. The van der Waals surface area contributed by atoms with E-state index in [0.717, 1.165) is 10.9 Å². The van der Waals surface area contributed by atoms with Gasteiger partial charge in [-0.25, -0.2) is 13.4 Å². The second-order valence-corrected chi connectivity index (χ2v) is 7.57. The number of halogens is 2. The maximum Gasteiger partial charge on any atom is 0.341 e. The van der Waals surface area contributed by atoms with Gasteiger partial charge in [0.15, 0.2) is 5.82 Å². The molecule has 0 saturated carbocycles. The normalized spacial score (nSPS) is 11.8. The molecular weight excluding hydrogens is 358 g/mol. The fourth-order valence-corrected chi connectivity index (χ4v) is 3.59. The molecule has 24 heavy (non-hydrogen) atoms. The molecule has 0 aliphatic heterocycles. The molecule has 126 valence electrons. The van der Waals surface area contributed by atoms with E-state index in [2.05, 4.69) is 20.5 Å². The number of anilines is 1. The molecule has 0 aliphatic carbocycles. The van der Waals surface area contributed by atoms with Crippen molar-refractivity contribution in [3.05, 3.63) is 47.6 Å². The van der Waals surface area contributed by atoms with E-state index >= 15 is 0 Å². The fraction of sp³-hybridized carbons (Fsp3) is 0.143. The van der Waals surface area contributed by atoms with E-state index in [1.165, 1.54) is 23.5 Å². The predicted molar refractivity (Wildman–Crippen MR) is 86.7 cm³/mol. The number of aromatic amines is 1. The van der Waals surface area contributed by atoms with E-state index in [1.54, 1.807) is 6.07 Å². The molecule has 0 aliphatic rings. The van der Waals surface area contributed by atoms with Crippen molar-refractivity contribution in [1.82, 2.24) is 15.2 Å². The number of nitrogens with one attached hydrogen (secondary N) is 2. The van der Waals surface area contributed by atoms with Crippen LogP contribution in [0.1, 0.15) is 5.82 Å². The minimum Gasteiger partial charge on any atom is -0.377 e. The summed E-state index contributed by atoms with van der Waals surface area (Å²) >= 11 is 1.48. The molecule has 0 unspecified atom stereocenters. The number of para-hydroxylation sites is 1. The van der Waals surface area contributed by atoms with Crippen molar-refractivity contribution < 1.29 is 17.2 Å².